The fraction of sp³-hybridized carbons (Fsp3) is 0.875. The Morgan fingerprint density at radius 1 is 1.16 bits per heavy atom. The summed E-state index contributed by atoms with van der Waals surface area (Å²) in [6.45, 7) is 10.2. The summed E-state index contributed by atoms with van der Waals surface area (Å²) in [6, 6.07) is 0. The summed E-state index contributed by atoms with van der Waals surface area (Å²) in [5.41, 5.74) is 1.09. The Balaban J connectivity index is 2.09. The molecule has 0 aromatic heterocycles. The quantitative estimate of drug-likeness (QED) is 0.686. The molecule has 1 saturated heterocycles. The van der Waals surface area contributed by atoms with E-state index in [1.165, 1.54) is 0 Å². The molecule has 0 spiro atoms. The normalized spacial score (nSPS) is 36.8. The number of alkyl halides is 2. The number of ether oxygens (including phenoxy) is 1. The Hall–Kier alpha value is -0.440. The van der Waals surface area contributed by atoms with Crippen LogP contribution in [0.15, 0.2) is 11.6 Å². The molecule has 2 aliphatic rings. The van der Waals surface area contributed by atoms with Crippen LogP contribution >= 0.6 is 0 Å². The van der Waals surface area contributed by atoms with Crippen LogP contribution in [0.4, 0.5) is 8.78 Å². The largest absolute Gasteiger partial charge is 0.377 e. The molecular formula is C16H26F2O. The Morgan fingerprint density at radius 2 is 1.74 bits per heavy atom. The van der Waals surface area contributed by atoms with Crippen LogP contribution in [0.1, 0.15) is 40.5 Å². The lowest BCUT2D eigenvalue weighted by atomic mass is 9.75. The van der Waals surface area contributed by atoms with Crippen LogP contribution < -0.4 is 0 Å². The maximum atomic E-state index is 13.0. The fourth-order valence-corrected chi connectivity index (χ4v) is 3.20. The van der Waals surface area contributed by atoms with Gasteiger partial charge in [-0.2, -0.15) is 0 Å². The summed E-state index contributed by atoms with van der Waals surface area (Å²) < 4.78 is 31.8. The van der Waals surface area contributed by atoms with Gasteiger partial charge < -0.3 is 4.74 Å². The third-order valence-electron chi connectivity index (χ3n) is 4.67. The molecule has 0 aromatic carbocycles. The van der Waals surface area contributed by atoms with Gasteiger partial charge in [0.15, 0.2) is 0 Å². The molecular weight excluding hydrogens is 246 g/mol. The van der Waals surface area contributed by atoms with Crippen molar-refractivity contribution >= 4 is 0 Å². The number of rotatable bonds is 3. The molecule has 2 rings (SSSR count). The zero-order valence-corrected chi connectivity index (χ0v) is 12.5. The monoisotopic (exact) mass is 272 g/mol. The maximum absolute atomic E-state index is 13.0. The minimum absolute atomic E-state index is 0.0243. The van der Waals surface area contributed by atoms with Crippen LogP contribution in [0.3, 0.4) is 0 Å². The van der Waals surface area contributed by atoms with Gasteiger partial charge in [-0.05, 0) is 35.7 Å². The van der Waals surface area contributed by atoms with E-state index in [-0.39, 0.29) is 6.42 Å². The second kappa shape index (κ2) is 5.51. The van der Waals surface area contributed by atoms with Gasteiger partial charge in [0.25, 0.3) is 5.92 Å². The molecule has 0 bridgehead atoms. The summed E-state index contributed by atoms with van der Waals surface area (Å²) in [4.78, 5) is 0. The molecule has 2 fully saturated rings. The molecule has 1 aliphatic carbocycles. The van der Waals surface area contributed by atoms with E-state index in [0.29, 0.717) is 30.3 Å². The topological polar surface area (TPSA) is 9.23 Å². The van der Waals surface area contributed by atoms with Crippen molar-refractivity contribution in [2.24, 2.45) is 29.6 Å². The van der Waals surface area contributed by atoms with Crippen LogP contribution in [0.5, 0.6) is 0 Å². The first kappa shape index (κ1) is 15.0. The van der Waals surface area contributed by atoms with Crippen molar-refractivity contribution in [1.82, 2.24) is 0 Å². The van der Waals surface area contributed by atoms with Crippen LogP contribution in [0.25, 0.3) is 0 Å². The molecule has 1 nitrogen and oxygen atoms in total. The Morgan fingerprint density at radius 3 is 2.21 bits per heavy atom. The molecule has 0 radical (unpaired) electrons. The summed E-state index contributed by atoms with van der Waals surface area (Å²) in [5, 5.41) is 0. The van der Waals surface area contributed by atoms with E-state index in [2.05, 4.69) is 27.7 Å². The SMILES string of the molecule is CC(C)C1COC/C(=C\C2CC2(F)F)CC1C(C)C. The highest BCUT2D eigenvalue weighted by molar-refractivity contribution is 5.16. The van der Waals surface area contributed by atoms with E-state index in [9.17, 15) is 8.78 Å². The van der Waals surface area contributed by atoms with Gasteiger partial charge in [-0.15, -0.1) is 0 Å². The minimum atomic E-state index is -2.45. The molecule has 1 heterocycles. The first-order chi connectivity index (χ1) is 8.81. The first-order valence-electron chi connectivity index (χ1n) is 7.46. The lowest BCUT2D eigenvalue weighted by Gasteiger charge is -2.30. The predicted molar refractivity (Wildman–Crippen MR) is 73.2 cm³/mol. The Kier molecular flexibility index (Phi) is 4.34. The highest BCUT2D eigenvalue weighted by Gasteiger charge is 2.55. The predicted octanol–water partition coefficient (Wildman–Crippen LogP) is 4.53. The zero-order chi connectivity index (χ0) is 14.2. The lowest BCUT2D eigenvalue weighted by molar-refractivity contribution is 0.0768. The number of hydrogen-bond donors (Lipinski definition) is 0. The van der Waals surface area contributed by atoms with Crippen molar-refractivity contribution in [3.8, 4) is 0 Å². The van der Waals surface area contributed by atoms with Gasteiger partial charge >= 0.3 is 0 Å². The Bertz CT molecular complexity index is 347. The van der Waals surface area contributed by atoms with Gasteiger partial charge in [-0.25, -0.2) is 8.78 Å². The number of hydrogen-bond acceptors (Lipinski definition) is 1. The number of halogens is 2. The van der Waals surface area contributed by atoms with Crippen molar-refractivity contribution in [1.29, 1.82) is 0 Å². The molecule has 110 valence electrons. The van der Waals surface area contributed by atoms with E-state index in [4.69, 9.17) is 4.74 Å². The average Bonchev–Trinajstić information content (AvgIpc) is 2.94. The van der Waals surface area contributed by atoms with E-state index >= 15 is 0 Å². The fourth-order valence-electron chi connectivity index (χ4n) is 3.20. The summed E-state index contributed by atoms with van der Waals surface area (Å²) >= 11 is 0. The molecule has 3 heteroatoms. The van der Waals surface area contributed by atoms with Gasteiger partial charge in [-0.3, -0.25) is 0 Å². The molecule has 3 unspecified atom stereocenters. The second-order valence-corrected chi connectivity index (χ2v) is 6.93. The standard InChI is InChI=1S/C16H26F2O/c1-10(2)14-6-12(5-13-7-16(13,17)18)8-19-9-15(14)11(3)4/h5,10-11,13-15H,6-9H2,1-4H3/b12-5-. The lowest BCUT2D eigenvalue weighted by Crippen LogP contribution is -2.27. The van der Waals surface area contributed by atoms with Crippen molar-refractivity contribution in [3.63, 3.8) is 0 Å². The van der Waals surface area contributed by atoms with Crippen LogP contribution in [0, 0.1) is 29.6 Å². The van der Waals surface area contributed by atoms with Crippen molar-refractivity contribution in [2.45, 2.75) is 46.5 Å². The molecule has 0 amide bonds. The molecule has 0 aromatic rings. The van der Waals surface area contributed by atoms with Gasteiger partial charge in [-0.1, -0.05) is 33.8 Å². The third-order valence-corrected chi connectivity index (χ3v) is 4.67. The van der Waals surface area contributed by atoms with E-state index in [1.54, 1.807) is 6.08 Å². The third kappa shape index (κ3) is 3.56. The van der Waals surface area contributed by atoms with E-state index in [0.717, 1.165) is 18.6 Å². The molecule has 0 N–H and O–H groups in total. The molecule has 19 heavy (non-hydrogen) atoms. The minimum Gasteiger partial charge on any atom is -0.377 e. The zero-order valence-electron chi connectivity index (χ0n) is 12.5. The summed E-state index contributed by atoms with van der Waals surface area (Å²) in [6.07, 6.45) is 2.74. The van der Waals surface area contributed by atoms with Crippen LogP contribution in [-0.2, 0) is 4.74 Å². The maximum Gasteiger partial charge on any atom is 0.255 e. The Labute approximate surface area is 115 Å². The van der Waals surface area contributed by atoms with Gasteiger partial charge in [0.2, 0.25) is 0 Å². The second-order valence-electron chi connectivity index (χ2n) is 6.93. The summed E-state index contributed by atoms with van der Waals surface area (Å²) in [5.74, 6) is -0.767. The molecule has 3 atom stereocenters. The smallest absolute Gasteiger partial charge is 0.255 e. The number of allylic oxidation sites excluding steroid dienone is 1. The van der Waals surface area contributed by atoms with Gasteiger partial charge in [0.05, 0.1) is 13.2 Å². The van der Waals surface area contributed by atoms with Crippen molar-refractivity contribution < 1.29 is 13.5 Å². The van der Waals surface area contributed by atoms with E-state index in [1.807, 2.05) is 0 Å². The molecule has 1 saturated carbocycles. The average molecular weight is 272 g/mol. The highest BCUT2D eigenvalue weighted by atomic mass is 19.3. The van der Waals surface area contributed by atoms with Gasteiger partial charge in [0.1, 0.15) is 0 Å². The van der Waals surface area contributed by atoms with Crippen LogP contribution in [-0.4, -0.2) is 19.1 Å². The highest BCUT2D eigenvalue weighted by Crippen LogP contribution is 2.50. The van der Waals surface area contributed by atoms with Gasteiger partial charge in [0, 0.05) is 12.3 Å². The molecule has 1 aliphatic heterocycles. The summed E-state index contributed by atoms with van der Waals surface area (Å²) in [7, 11) is 0. The van der Waals surface area contributed by atoms with E-state index < -0.39 is 11.8 Å². The van der Waals surface area contributed by atoms with Crippen LogP contribution in [0.2, 0.25) is 0 Å². The van der Waals surface area contributed by atoms with Crippen molar-refractivity contribution in [2.75, 3.05) is 13.2 Å². The first-order valence-corrected chi connectivity index (χ1v) is 7.46. The van der Waals surface area contributed by atoms with Crippen molar-refractivity contribution in [3.05, 3.63) is 11.6 Å².